The molecule has 9 nitrogen and oxygen atoms in total. The molecule has 0 spiro atoms. The van der Waals surface area contributed by atoms with Crippen molar-refractivity contribution in [2.45, 2.75) is 49.7 Å². The smallest absolute Gasteiger partial charge is 0.318 e. The van der Waals surface area contributed by atoms with Gasteiger partial charge in [-0.15, -0.1) is 0 Å². The van der Waals surface area contributed by atoms with E-state index in [9.17, 15) is 13.2 Å². The van der Waals surface area contributed by atoms with E-state index in [2.05, 4.69) is 22.5 Å². The number of rotatable bonds is 6. The van der Waals surface area contributed by atoms with Crippen molar-refractivity contribution in [1.29, 1.82) is 0 Å². The first-order valence-electron chi connectivity index (χ1n) is 11.2. The number of carbonyl (C=O) groups excluding carboxylic acids is 1. The molecule has 33 heavy (non-hydrogen) atoms. The van der Waals surface area contributed by atoms with Gasteiger partial charge in [-0.05, 0) is 57.9 Å². The minimum Gasteiger partial charge on any atom is -0.377 e. The summed E-state index contributed by atoms with van der Waals surface area (Å²) in [6.07, 6.45) is 1.13. The number of nitrogens with zero attached hydrogens (tertiary/aromatic N) is 3. The molecule has 0 unspecified atom stereocenters. The van der Waals surface area contributed by atoms with Crippen LogP contribution in [-0.4, -0.2) is 62.5 Å². The lowest BCUT2D eigenvalue weighted by molar-refractivity contribution is 0.0985. The van der Waals surface area contributed by atoms with Crippen LogP contribution in [0.25, 0.3) is 11.4 Å². The second kappa shape index (κ2) is 8.90. The second-order valence-corrected chi connectivity index (χ2v) is 11.7. The lowest BCUT2D eigenvalue weighted by Crippen LogP contribution is -2.44. The van der Waals surface area contributed by atoms with E-state index >= 15 is 0 Å². The molecule has 1 aliphatic carbocycles. The maximum atomic E-state index is 13.3. The predicted molar refractivity (Wildman–Crippen MR) is 128 cm³/mol. The third-order valence-corrected chi connectivity index (χ3v) is 9.29. The summed E-state index contributed by atoms with van der Waals surface area (Å²) in [5.74, 6) is 1.18. The van der Waals surface area contributed by atoms with Gasteiger partial charge in [-0.3, -0.25) is 0 Å². The standard InChI is InChI=1S/C23H31N5O4S/c1-15(2)33(30,31)23(9-10-23)19-13-20(28-11-12-32-14-16(28)3)27-21(26-19)17-5-7-18(8-6-17)25-22(29)24-4/h5-8,13,15-16H,9-12,14H2,1-4H3,(H2,24,25,29)/t16-/m0/s1. The molecule has 10 heteroatoms. The van der Waals surface area contributed by atoms with Crippen molar-refractivity contribution < 1.29 is 17.9 Å². The van der Waals surface area contributed by atoms with Crippen LogP contribution in [0, 0.1) is 0 Å². The topological polar surface area (TPSA) is 114 Å². The monoisotopic (exact) mass is 473 g/mol. The predicted octanol–water partition coefficient (Wildman–Crippen LogP) is 2.93. The molecule has 4 rings (SSSR count). The SMILES string of the molecule is CNC(=O)Nc1ccc(-c2nc(N3CCOC[C@@H]3C)cc(C3(S(=O)(=O)C(C)C)CC3)n2)cc1. The molecule has 2 aliphatic rings. The van der Waals surface area contributed by atoms with Gasteiger partial charge >= 0.3 is 6.03 Å². The minimum absolute atomic E-state index is 0.116. The Morgan fingerprint density at radius 3 is 2.48 bits per heavy atom. The number of anilines is 2. The number of aromatic nitrogens is 2. The molecule has 1 aromatic heterocycles. The van der Waals surface area contributed by atoms with E-state index in [1.807, 2.05) is 18.2 Å². The molecule has 1 aromatic carbocycles. The van der Waals surface area contributed by atoms with Crippen LogP contribution >= 0.6 is 0 Å². The van der Waals surface area contributed by atoms with E-state index in [0.29, 0.717) is 55.6 Å². The van der Waals surface area contributed by atoms with Crippen molar-refractivity contribution >= 4 is 27.4 Å². The molecule has 1 saturated heterocycles. The van der Waals surface area contributed by atoms with Crippen molar-refractivity contribution in [1.82, 2.24) is 15.3 Å². The fraction of sp³-hybridized carbons (Fsp3) is 0.522. The van der Waals surface area contributed by atoms with E-state index in [4.69, 9.17) is 14.7 Å². The molecule has 2 heterocycles. The summed E-state index contributed by atoms with van der Waals surface area (Å²) in [4.78, 5) is 23.3. The minimum atomic E-state index is -3.39. The van der Waals surface area contributed by atoms with Crippen LogP contribution in [0.3, 0.4) is 0 Å². The van der Waals surface area contributed by atoms with Gasteiger partial charge in [0.1, 0.15) is 10.6 Å². The van der Waals surface area contributed by atoms with Crippen LogP contribution < -0.4 is 15.5 Å². The zero-order valence-corrected chi connectivity index (χ0v) is 20.3. The average molecular weight is 474 g/mol. The van der Waals surface area contributed by atoms with Gasteiger partial charge in [0.2, 0.25) is 0 Å². The van der Waals surface area contributed by atoms with Crippen molar-refractivity contribution in [2.24, 2.45) is 0 Å². The fourth-order valence-corrected chi connectivity index (χ4v) is 6.13. The molecule has 2 fully saturated rings. The number of amides is 2. The Balaban J connectivity index is 1.78. The summed E-state index contributed by atoms with van der Waals surface area (Å²) in [5, 5.41) is 4.75. The number of hydrogen-bond donors (Lipinski definition) is 2. The zero-order valence-electron chi connectivity index (χ0n) is 19.5. The quantitative estimate of drug-likeness (QED) is 0.663. The lowest BCUT2D eigenvalue weighted by atomic mass is 10.1. The van der Waals surface area contributed by atoms with Crippen LogP contribution in [0.15, 0.2) is 30.3 Å². The zero-order chi connectivity index (χ0) is 23.8. The van der Waals surface area contributed by atoms with Crippen molar-refractivity contribution in [3.8, 4) is 11.4 Å². The summed E-state index contributed by atoms with van der Waals surface area (Å²) in [6.45, 7) is 7.37. The number of hydrogen-bond acceptors (Lipinski definition) is 7. The maximum absolute atomic E-state index is 13.3. The van der Waals surface area contributed by atoms with Gasteiger partial charge in [-0.25, -0.2) is 23.2 Å². The number of morpholine rings is 1. The Bertz CT molecular complexity index is 1130. The molecular formula is C23H31N5O4S. The highest BCUT2D eigenvalue weighted by molar-refractivity contribution is 7.93. The molecular weight excluding hydrogens is 442 g/mol. The van der Waals surface area contributed by atoms with Crippen LogP contribution in [0.1, 0.15) is 39.3 Å². The molecule has 1 atom stereocenters. The number of benzene rings is 1. The first kappa shape index (κ1) is 23.4. The largest absolute Gasteiger partial charge is 0.377 e. The first-order chi connectivity index (χ1) is 15.7. The summed E-state index contributed by atoms with van der Waals surface area (Å²) in [5.41, 5.74) is 1.94. The molecule has 0 radical (unpaired) electrons. The number of carbonyl (C=O) groups is 1. The Morgan fingerprint density at radius 2 is 1.91 bits per heavy atom. The van der Waals surface area contributed by atoms with Crippen molar-refractivity contribution in [3.05, 3.63) is 36.0 Å². The Labute approximate surface area is 194 Å². The Hall–Kier alpha value is -2.72. The van der Waals surface area contributed by atoms with Gasteiger partial charge in [0.15, 0.2) is 15.7 Å². The number of ether oxygens (including phenoxy) is 1. The Kier molecular flexibility index (Phi) is 6.32. The molecule has 1 aliphatic heterocycles. The Morgan fingerprint density at radius 1 is 1.21 bits per heavy atom. The molecule has 178 valence electrons. The van der Waals surface area contributed by atoms with Crippen LogP contribution in [0.2, 0.25) is 0 Å². The highest BCUT2D eigenvalue weighted by Gasteiger charge is 2.58. The van der Waals surface area contributed by atoms with Gasteiger partial charge in [0.25, 0.3) is 0 Å². The molecule has 2 amide bonds. The summed E-state index contributed by atoms with van der Waals surface area (Å²) in [7, 11) is -1.84. The summed E-state index contributed by atoms with van der Waals surface area (Å²) in [6, 6.07) is 8.86. The lowest BCUT2D eigenvalue weighted by Gasteiger charge is -2.35. The summed E-state index contributed by atoms with van der Waals surface area (Å²) >= 11 is 0. The van der Waals surface area contributed by atoms with Gasteiger partial charge in [-0.1, -0.05) is 0 Å². The van der Waals surface area contributed by atoms with Gasteiger partial charge in [0.05, 0.1) is 30.2 Å². The fourth-order valence-electron chi connectivity index (χ4n) is 4.16. The average Bonchev–Trinajstić information content (AvgIpc) is 3.62. The van der Waals surface area contributed by atoms with Crippen LogP contribution in [-0.2, 0) is 19.3 Å². The van der Waals surface area contributed by atoms with Crippen molar-refractivity contribution in [2.75, 3.05) is 37.0 Å². The number of nitrogens with one attached hydrogen (secondary N) is 2. The third kappa shape index (κ3) is 4.41. The summed E-state index contributed by atoms with van der Waals surface area (Å²) < 4.78 is 31.1. The highest BCUT2D eigenvalue weighted by atomic mass is 32.2. The molecule has 2 N–H and O–H groups in total. The molecule has 0 bridgehead atoms. The van der Waals surface area contributed by atoms with E-state index < -0.39 is 19.8 Å². The van der Waals surface area contributed by atoms with Crippen LogP contribution in [0.4, 0.5) is 16.3 Å². The van der Waals surface area contributed by atoms with Gasteiger partial charge in [-0.2, -0.15) is 0 Å². The van der Waals surface area contributed by atoms with E-state index in [1.54, 1.807) is 33.0 Å². The molecule has 1 saturated carbocycles. The first-order valence-corrected chi connectivity index (χ1v) is 12.8. The molecule has 2 aromatic rings. The van der Waals surface area contributed by atoms with E-state index in [1.165, 1.54) is 0 Å². The maximum Gasteiger partial charge on any atom is 0.318 e. The van der Waals surface area contributed by atoms with E-state index in [0.717, 1.165) is 5.56 Å². The van der Waals surface area contributed by atoms with Gasteiger partial charge < -0.3 is 20.3 Å². The van der Waals surface area contributed by atoms with Crippen LogP contribution in [0.5, 0.6) is 0 Å². The van der Waals surface area contributed by atoms with Gasteiger partial charge in [0, 0.05) is 30.9 Å². The number of urea groups is 1. The van der Waals surface area contributed by atoms with Crippen molar-refractivity contribution in [3.63, 3.8) is 0 Å². The third-order valence-electron chi connectivity index (χ3n) is 6.34. The highest BCUT2D eigenvalue weighted by Crippen LogP contribution is 2.54. The van der Waals surface area contributed by atoms with E-state index in [-0.39, 0.29) is 12.1 Å². The number of sulfone groups is 1. The second-order valence-electron chi connectivity index (χ2n) is 8.92. The normalized spacial score (nSPS) is 19.9.